The molecule has 25 heavy (non-hydrogen) atoms. The van der Waals surface area contributed by atoms with Crippen molar-refractivity contribution in [3.05, 3.63) is 68.0 Å². The molecule has 2 heterocycles. The van der Waals surface area contributed by atoms with Gasteiger partial charge in [0, 0.05) is 19.6 Å². The summed E-state index contributed by atoms with van der Waals surface area (Å²) in [6, 6.07) is 9.08. The van der Waals surface area contributed by atoms with Gasteiger partial charge in [-0.05, 0) is 5.56 Å². The van der Waals surface area contributed by atoms with Gasteiger partial charge in [-0.3, -0.25) is 14.3 Å². The minimum absolute atomic E-state index is 0.0879. The van der Waals surface area contributed by atoms with E-state index in [9.17, 15) is 19.5 Å². The van der Waals surface area contributed by atoms with Gasteiger partial charge >= 0.3 is 11.7 Å². The van der Waals surface area contributed by atoms with E-state index < -0.39 is 17.2 Å². The Hall–Kier alpha value is -2.71. The van der Waals surface area contributed by atoms with Crippen LogP contribution in [0.3, 0.4) is 0 Å². The number of carboxylic acid groups (broad SMARTS) is 1. The highest BCUT2D eigenvalue weighted by molar-refractivity contribution is 5.86. The van der Waals surface area contributed by atoms with E-state index in [1.165, 1.54) is 0 Å². The first-order valence-corrected chi connectivity index (χ1v) is 7.99. The number of nitrogens with zero attached hydrogens (tertiary/aromatic N) is 2. The van der Waals surface area contributed by atoms with Gasteiger partial charge in [-0.25, -0.2) is 9.59 Å². The third-order valence-corrected chi connectivity index (χ3v) is 4.16. The van der Waals surface area contributed by atoms with Gasteiger partial charge in [-0.15, -0.1) is 0 Å². The lowest BCUT2D eigenvalue weighted by Crippen LogP contribution is -2.43. The number of aromatic nitrogens is 2. The van der Waals surface area contributed by atoms with Crippen molar-refractivity contribution in [2.45, 2.75) is 13.1 Å². The molecule has 0 spiro atoms. The minimum atomic E-state index is -1.32. The van der Waals surface area contributed by atoms with Crippen LogP contribution in [-0.2, 0) is 17.8 Å². The minimum Gasteiger partial charge on any atom is -0.477 e. The van der Waals surface area contributed by atoms with Crippen molar-refractivity contribution in [3.63, 3.8) is 0 Å². The molecule has 2 N–H and O–H groups in total. The standard InChI is InChI=1S/C17H19N3O5/c21-15-13(11-19-6-8-25-9-7-19)14(16(22)23)18-17(24)20(15)10-12-4-2-1-3-5-12/h1-5H,6-11H2,(H,18,24)(H,22,23). The zero-order chi connectivity index (χ0) is 17.8. The molecule has 1 saturated heterocycles. The lowest BCUT2D eigenvalue weighted by molar-refractivity contribution is 0.0335. The first-order valence-electron chi connectivity index (χ1n) is 7.99. The van der Waals surface area contributed by atoms with Crippen LogP contribution in [0.5, 0.6) is 0 Å². The van der Waals surface area contributed by atoms with E-state index in [1.54, 1.807) is 12.1 Å². The number of nitrogens with one attached hydrogen (secondary N) is 1. The maximum atomic E-state index is 12.8. The molecule has 1 aromatic heterocycles. The number of hydrogen-bond acceptors (Lipinski definition) is 5. The molecule has 0 atom stereocenters. The van der Waals surface area contributed by atoms with Crippen molar-refractivity contribution in [3.8, 4) is 0 Å². The van der Waals surface area contributed by atoms with Crippen molar-refractivity contribution in [1.29, 1.82) is 0 Å². The van der Waals surface area contributed by atoms with Crippen LogP contribution in [0.25, 0.3) is 0 Å². The first-order chi connectivity index (χ1) is 12.1. The van der Waals surface area contributed by atoms with E-state index in [-0.39, 0.29) is 24.3 Å². The van der Waals surface area contributed by atoms with E-state index >= 15 is 0 Å². The highest BCUT2D eigenvalue weighted by atomic mass is 16.5. The fourth-order valence-corrected chi connectivity index (χ4v) is 2.83. The number of hydrogen-bond donors (Lipinski definition) is 2. The van der Waals surface area contributed by atoms with E-state index in [1.807, 2.05) is 23.1 Å². The zero-order valence-corrected chi connectivity index (χ0v) is 13.6. The Balaban J connectivity index is 2.01. The van der Waals surface area contributed by atoms with Gasteiger partial charge in [0.2, 0.25) is 0 Å². The molecule has 0 unspecified atom stereocenters. The number of H-pyrrole nitrogens is 1. The van der Waals surface area contributed by atoms with Gasteiger partial charge in [0.15, 0.2) is 0 Å². The van der Waals surface area contributed by atoms with Gasteiger partial charge in [0.05, 0.1) is 25.3 Å². The lowest BCUT2D eigenvalue weighted by Gasteiger charge is -2.26. The largest absolute Gasteiger partial charge is 0.477 e. The second-order valence-electron chi connectivity index (χ2n) is 5.85. The summed E-state index contributed by atoms with van der Waals surface area (Å²) in [5, 5.41) is 9.36. The number of benzene rings is 1. The number of carbonyl (C=O) groups is 1. The van der Waals surface area contributed by atoms with Crippen molar-refractivity contribution in [1.82, 2.24) is 14.5 Å². The third kappa shape index (κ3) is 3.86. The van der Waals surface area contributed by atoms with E-state index in [0.717, 1.165) is 10.1 Å². The molecule has 0 bridgehead atoms. The summed E-state index contributed by atoms with van der Waals surface area (Å²) in [5.74, 6) is -1.32. The van der Waals surface area contributed by atoms with Crippen LogP contribution in [0.15, 0.2) is 39.9 Å². The molecule has 8 heteroatoms. The van der Waals surface area contributed by atoms with Crippen LogP contribution in [0.2, 0.25) is 0 Å². The molecule has 2 aromatic rings. The number of morpholine rings is 1. The smallest absolute Gasteiger partial charge is 0.352 e. The maximum Gasteiger partial charge on any atom is 0.352 e. The quantitative estimate of drug-likeness (QED) is 0.797. The van der Waals surface area contributed by atoms with Crippen molar-refractivity contribution < 1.29 is 14.6 Å². The highest BCUT2D eigenvalue weighted by Gasteiger charge is 2.22. The second-order valence-corrected chi connectivity index (χ2v) is 5.85. The molecular formula is C17H19N3O5. The van der Waals surface area contributed by atoms with Gasteiger partial charge in [-0.1, -0.05) is 30.3 Å². The van der Waals surface area contributed by atoms with Gasteiger partial charge in [-0.2, -0.15) is 0 Å². The fourth-order valence-electron chi connectivity index (χ4n) is 2.83. The maximum absolute atomic E-state index is 12.8. The first kappa shape index (κ1) is 17.1. The number of rotatable bonds is 5. The highest BCUT2D eigenvalue weighted by Crippen LogP contribution is 2.07. The van der Waals surface area contributed by atoms with E-state index in [2.05, 4.69) is 4.98 Å². The molecule has 0 amide bonds. The van der Waals surface area contributed by atoms with Gasteiger partial charge in [0.1, 0.15) is 5.69 Å². The summed E-state index contributed by atoms with van der Waals surface area (Å²) in [7, 11) is 0. The Morgan fingerprint density at radius 1 is 1.12 bits per heavy atom. The summed E-state index contributed by atoms with van der Waals surface area (Å²) in [5.41, 5.74) is -0.764. The van der Waals surface area contributed by atoms with Crippen LogP contribution in [0.1, 0.15) is 21.6 Å². The average molecular weight is 345 g/mol. The molecule has 0 aliphatic carbocycles. The van der Waals surface area contributed by atoms with E-state index in [0.29, 0.717) is 26.3 Å². The van der Waals surface area contributed by atoms with Crippen LogP contribution in [-0.4, -0.2) is 51.8 Å². The normalized spacial score (nSPS) is 15.2. The lowest BCUT2D eigenvalue weighted by atomic mass is 10.2. The number of ether oxygens (including phenoxy) is 1. The van der Waals surface area contributed by atoms with Gasteiger partial charge < -0.3 is 14.8 Å². The molecule has 1 aliphatic heterocycles. The topological polar surface area (TPSA) is 105 Å². The van der Waals surface area contributed by atoms with Crippen molar-refractivity contribution in [2.24, 2.45) is 0 Å². The molecule has 1 fully saturated rings. The summed E-state index contributed by atoms with van der Waals surface area (Å²) >= 11 is 0. The molecule has 0 saturated carbocycles. The predicted molar refractivity (Wildman–Crippen MR) is 89.9 cm³/mol. The monoisotopic (exact) mass is 345 g/mol. The summed E-state index contributed by atoms with van der Waals surface area (Å²) in [6.45, 7) is 2.53. The second kappa shape index (κ2) is 7.45. The molecule has 0 radical (unpaired) electrons. The molecule has 3 rings (SSSR count). The number of aromatic carboxylic acids is 1. The Morgan fingerprint density at radius 3 is 2.44 bits per heavy atom. The van der Waals surface area contributed by atoms with Crippen molar-refractivity contribution >= 4 is 5.97 Å². The molecular weight excluding hydrogens is 326 g/mol. The molecule has 132 valence electrons. The van der Waals surface area contributed by atoms with Crippen molar-refractivity contribution in [2.75, 3.05) is 26.3 Å². The summed E-state index contributed by atoms with van der Waals surface area (Å²) in [4.78, 5) is 40.8. The van der Waals surface area contributed by atoms with Crippen LogP contribution >= 0.6 is 0 Å². The Kier molecular flexibility index (Phi) is 5.11. The van der Waals surface area contributed by atoms with E-state index in [4.69, 9.17) is 4.74 Å². The zero-order valence-electron chi connectivity index (χ0n) is 13.6. The third-order valence-electron chi connectivity index (χ3n) is 4.16. The van der Waals surface area contributed by atoms with Crippen LogP contribution < -0.4 is 11.2 Å². The van der Waals surface area contributed by atoms with Crippen LogP contribution in [0, 0.1) is 0 Å². The van der Waals surface area contributed by atoms with Crippen LogP contribution in [0.4, 0.5) is 0 Å². The van der Waals surface area contributed by atoms with Gasteiger partial charge in [0.25, 0.3) is 5.56 Å². The molecule has 8 nitrogen and oxygen atoms in total. The summed E-state index contributed by atoms with van der Waals surface area (Å²) < 4.78 is 6.31. The molecule has 1 aliphatic rings. The predicted octanol–water partition coefficient (Wildman–Crippen LogP) is 0.115. The Bertz CT molecular complexity index is 866. The molecule has 1 aromatic carbocycles. The summed E-state index contributed by atoms with van der Waals surface area (Å²) in [6.07, 6.45) is 0. The Morgan fingerprint density at radius 2 is 1.80 bits per heavy atom. The Labute approximate surface area is 143 Å². The number of aromatic amines is 1. The number of carboxylic acids is 1. The fraction of sp³-hybridized carbons (Fsp3) is 0.353. The average Bonchev–Trinajstić information content (AvgIpc) is 2.62. The SMILES string of the molecule is O=C(O)c1[nH]c(=O)n(Cc2ccccc2)c(=O)c1CN1CCOCC1.